The van der Waals surface area contributed by atoms with Crippen LogP contribution in [0.3, 0.4) is 0 Å². The number of nitrogens with zero attached hydrogens (tertiary/aromatic N) is 1. The van der Waals surface area contributed by atoms with Gasteiger partial charge in [0.1, 0.15) is 0 Å². The number of amides is 2. The Morgan fingerprint density at radius 2 is 1.25 bits per heavy atom. The molecule has 0 fully saturated rings. The number of anilines is 1. The van der Waals surface area contributed by atoms with Crippen LogP contribution in [0.15, 0.2) is 54.1 Å². The number of hydrogen-bond donors (Lipinski definition) is 0. The van der Waals surface area contributed by atoms with Gasteiger partial charge in [0.25, 0.3) is 5.91 Å². The van der Waals surface area contributed by atoms with Crippen LogP contribution in [0.1, 0.15) is 33.2 Å². The average molecular weight is 317 g/mol. The molecular weight excluding hydrogens is 306 g/mol. The summed E-state index contributed by atoms with van der Waals surface area (Å²) in [6.45, 7) is 1.27. The van der Waals surface area contributed by atoms with E-state index in [0.29, 0.717) is 11.3 Å². The molecular formula is C19H11NO4. The highest BCUT2D eigenvalue weighted by molar-refractivity contribution is 6.51. The highest BCUT2D eigenvalue weighted by Crippen LogP contribution is 2.41. The number of ketones is 2. The summed E-state index contributed by atoms with van der Waals surface area (Å²) in [4.78, 5) is 51.0. The van der Waals surface area contributed by atoms with Gasteiger partial charge in [-0.2, -0.15) is 0 Å². The smallest absolute Gasteiger partial charge is 0.266 e. The molecule has 2 aliphatic rings. The molecule has 0 bridgehead atoms. The van der Waals surface area contributed by atoms with Crippen LogP contribution in [-0.4, -0.2) is 23.4 Å². The Kier molecular flexibility index (Phi) is 2.87. The number of carbonyl (C=O) groups is 4. The number of benzene rings is 2. The summed E-state index contributed by atoms with van der Waals surface area (Å²) in [5, 5.41) is 0. The molecule has 5 heteroatoms. The SMILES string of the molecule is CC(=O)N1C(=O)C(=C2C(=O)c3ccccc3C2=O)c2ccccc21. The molecule has 1 aliphatic heterocycles. The standard InChI is InChI=1S/C19H11NO4/c1-10(21)20-14-9-5-4-8-13(14)15(19(20)24)16-17(22)11-6-2-3-7-12(11)18(16)23/h2-9H,1H3. The Morgan fingerprint density at radius 1 is 0.750 bits per heavy atom. The van der Waals surface area contributed by atoms with Gasteiger partial charge >= 0.3 is 0 Å². The molecule has 2 amide bonds. The highest BCUT2D eigenvalue weighted by atomic mass is 16.2. The van der Waals surface area contributed by atoms with E-state index in [1.807, 2.05) is 0 Å². The molecule has 24 heavy (non-hydrogen) atoms. The summed E-state index contributed by atoms with van der Waals surface area (Å²) < 4.78 is 0. The molecule has 0 atom stereocenters. The van der Waals surface area contributed by atoms with Gasteiger partial charge in [0.05, 0.1) is 16.8 Å². The summed E-state index contributed by atoms with van der Waals surface area (Å²) in [5.74, 6) is -2.04. The van der Waals surface area contributed by atoms with Gasteiger partial charge in [-0.1, -0.05) is 42.5 Å². The van der Waals surface area contributed by atoms with Crippen molar-refractivity contribution in [2.24, 2.45) is 0 Å². The lowest BCUT2D eigenvalue weighted by Crippen LogP contribution is -2.31. The minimum atomic E-state index is -0.631. The van der Waals surface area contributed by atoms with Crippen molar-refractivity contribution in [3.63, 3.8) is 0 Å². The van der Waals surface area contributed by atoms with Crippen molar-refractivity contribution in [2.45, 2.75) is 6.92 Å². The summed E-state index contributed by atoms with van der Waals surface area (Å²) in [6.07, 6.45) is 0. The zero-order valence-electron chi connectivity index (χ0n) is 12.7. The number of rotatable bonds is 0. The lowest BCUT2D eigenvalue weighted by Gasteiger charge is -2.11. The predicted octanol–water partition coefficient (Wildman–Crippen LogP) is 2.41. The maximum absolute atomic E-state index is 12.8. The van der Waals surface area contributed by atoms with Crippen LogP contribution in [0.25, 0.3) is 5.57 Å². The molecule has 0 aromatic heterocycles. The number of fused-ring (bicyclic) bond motifs is 2. The van der Waals surface area contributed by atoms with E-state index in [4.69, 9.17) is 0 Å². The van der Waals surface area contributed by atoms with Crippen molar-refractivity contribution < 1.29 is 19.2 Å². The quantitative estimate of drug-likeness (QED) is 0.552. The second-order valence-corrected chi connectivity index (χ2v) is 5.63. The van der Waals surface area contributed by atoms with E-state index >= 15 is 0 Å². The topological polar surface area (TPSA) is 71.5 Å². The summed E-state index contributed by atoms with van der Waals surface area (Å²) >= 11 is 0. The number of allylic oxidation sites excluding steroid dienone is 1. The largest absolute Gasteiger partial charge is 0.288 e. The summed E-state index contributed by atoms with van der Waals surface area (Å²) in [7, 11) is 0. The van der Waals surface area contributed by atoms with E-state index < -0.39 is 23.4 Å². The second-order valence-electron chi connectivity index (χ2n) is 5.63. The first kappa shape index (κ1) is 14.3. The molecule has 0 N–H and O–H groups in total. The minimum Gasteiger partial charge on any atom is -0.288 e. The van der Waals surface area contributed by atoms with Crippen LogP contribution in [0.5, 0.6) is 0 Å². The number of carbonyl (C=O) groups excluding carboxylic acids is 4. The first-order chi connectivity index (χ1) is 11.5. The molecule has 4 rings (SSSR count). The molecule has 2 aromatic rings. The first-order valence-corrected chi connectivity index (χ1v) is 7.39. The van der Waals surface area contributed by atoms with Gasteiger partial charge in [0, 0.05) is 23.6 Å². The van der Waals surface area contributed by atoms with Gasteiger partial charge in [-0.3, -0.25) is 19.2 Å². The van der Waals surface area contributed by atoms with Gasteiger partial charge in [-0.15, -0.1) is 0 Å². The normalized spacial score (nSPS) is 15.9. The Balaban J connectivity index is 2.03. The fourth-order valence-corrected chi connectivity index (χ4v) is 3.25. The summed E-state index contributed by atoms with van der Waals surface area (Å²) in [5.41, 5.74) is 1.26. The van der Waals surface area contributed by atoms with Crippen molar-refractivity contribution >= 4 is 34.6 Å². The monoisotopic (exact) mass is 317 g/mol. The maximum Gasteiger partial charge on any atom is 0.266 e. The molecule has 1 heterocycles. The van der Waals surface area contributed by atoms with Crippen molar-refractivity contribution in [1.29, 1.82) is 0 Å². The van der Waals surface area contributed by atoms with Crippen molar-refractivity contribution in [2.75, 3.05) is 4.90 Å². The lowest BCUT2D eigenvalue weighted by molar-refractivity contribution is -0.122. The Labute approximate surface area is 137 Å². The molecule has 2 aromatic carbocycles. The molecule has 1 aliphatic carbocycles. The third kappa shape index (κ3) is 1.69. The van der Waals surface area contributed by atoms with E-state index in [0.717, 1.165) is 4.90 Å². The fourth-order valence-electron chi connectivity index (χ4n) is 3.25. The van der Waals surface area contributed by atoms with Crippen LogP contribution < -0.4 is 4.90 Å². The van der Waals surface area contributed by atoms with Crippen LogP contribution in [0.4, 0.5) is 5.69 Å². The molecule has 0 saturated heterocycles. The van der Waals surface area contributed by atoms with Crippen LogP contribution in [0, 0.1) is 0 Å². The molecule has 116 valence electrons. The zero-order chi connectivity index (χ0) is 17.0. The van der Waals surface area contributed by atoms with Gasteiger partial charge < -0.3 is 0 Å². The van der Waals surface area contributed by atoms with E-state index in [-0.39, 0.29) is 22.3 Å². The van der Waals surface area contributed by atoms with Crippen LogP contribution in [0.2, 0.25) is 0 Å². The third-order valence-corrected chi connectivity index (χ3v) is 4.27. The van der Waals surface area contributed by atoms with E-state index in [9.17, 15) is 19.2 Å². The predicted molar refractivity (Wildman–Crippen MR) is 86.6 cm³/mol. The van der Waals surface area contributed by atoms with Gasteiger partial charge in [0.2, 0.25) is 5.91 Å². The second kappa shape index (κ2) is 4.83. The number of imide groups is 1. The molecule has 5 nitrogen and oxygen atoms in total. The van der Waals surface area contributed by atoms with Crippen molar-refractivity contribution in [1.82, 2.24) is 0 Å². The van der Waals surface area contributed by atoms with E-state index in [1.165, 1.54) is 6.92 Å². The van der Waals surface area contributed by atoms with Gasteiger partial charge in [0.15, 0.2) is 11.6 Å². The number of hydrogen-bond acceptors (Lipinski definition) is 4. The van der Waals surface area contributed by atoms with Crippen LogP contribution >= 0.6 is 0 Å². The Morgan fingerprint density at radius 3 is 1.79 bits per heavy atom. The minimum absolute atomic E-state index is 0.00648. The Bertz CT molecular complexity index is 963. The highest BCUT2D eigenvalue weighted by Gasteiger charge is 2.43. The van der Waals surface area contributed by atoms with Crippen molar-refractivity contribution in [3.8, 4) is 0 Å². The lowest BCUT2D eigenvalue weighted by atomic mass is 9.98. The Hall–Kier alpha value is -3.34. The fraction of sp³-hybridized carbons (Fsp3) is 0.0526. The van der Waals surface area contributed by atoms with Gasteiger partial charge in [-0.25, -0.2) is 4.90 Å². The number of para-hydroxylation sites is 1. The summed E-state index contributed by atoms with van der Waals surface area (Å²) in [6, 6.07) is 13.1. The molecule has 0 saturated carbocycles. The molecule has 0 radical (unpaired) electrons. The average Bonchev–Trinajstić information content (AvgIpc) is 3.00. The van der Waals surface area contributed by atoms with Gasteiger partial charge in [-0.05, 0) is 6.07 Å². The first-order valence-electron chi connectivity index (χ1n) is 7.39. The van der Waals surface area contributed by atoms with Crippen molar-refractivity contribution in [3.05, 3.63) is 70.8 Å². The van der Waals surface area contributed by atoms with E-state index in [2.05, 4.69) is 0 Å². The molecule has 0 spiro atoms. The number of Topliss-reactive ketones (excluding diaryl/α,β-unsaturated/α-hetero) is 2. The maximum atomic E-state index is 12.8. The zero-order valence-corrected chi connectivity index (χ0v) is 12.7. The van der Waals surface area contributed by atoms with Crippen LogP contribution in [-0.2, 0) is 9.59 Å². The van der Waals surface area contributed by atoms with E-state index in [1.54, 1.807) is 48.5 Å². The molecule has 0 unspecified atom stereocenters. The third-order valence-electron chi connectivity index (χ3n) is 4.27.